The predicted octanol–water partition coefficient (Wildman–Crippen LogP) is 12.1. The molecule has 2 amide bonds. The van der Waals surface area contributed by atoms with Crippen LogP contribution in [0.25, 0.3) is 0 Å². The molecule has 1 aromatic rings. The van der Waals surface area contributed by atoms with E-state index >= 15 is 0 Å². The van der Waals surface area contributed by atoms with Gasteiger partial charge in [-0.25, -0.2) is 4.79 Å². The number of nitrogens with zero attached hydrogens (tertiary/aromatic N) is 1. The van der Waals surface area contributed by atoms with E-state index in [1.54, 1.807) is 12.1 Å². The Morgan fingerprint density at radius 1 is 0.580 bits per heavy atom. The largest absolute Gasteiger partial charge is 0.446 e. The van der Waals surface area contributed by atoms with Gasteiger partial charge in [-0.1, -0.05) is 232 Å². The summed E-state index contributed by atoms with van der Waals surface area (Å²) in [5.74, 6) is -0.282. The van der Waals surface area contributed by atoms with Crippen molar-refractivity contribution in [3.8, 4) is 0 Å². The molecule has 1 fully saturated rings. The van der Waals surface area contributed by atoms with Crippen LogP contribution in [0.2, 0.25) is 0 Å². The van der Waals surface area contributed by atoms with Crippen molar-refractivity contribution < 1.29 is 49.3 Å². The van der Waals surface area contributed by atoms with E-state index in [0.717, 1.165) is 44.9 Å². The van der Waals surface area contributed by atoms with Crippen molar-refractivity contribution >= 4 is 17.7 Å². The van der Waals surface area contributed by atoms with Crippen LogP contribution in [0.1, 0.15) is 251 Å². The molecule has 69 heavy (non-hydrogen) atoms. The quantitative estimate of drug-likeness (QED) is 0.0307. The summed E-state index contributed by atoms with van der Waals surface area (Å²) < 4.78 is 16.8. The number of aliphatic hydroxyl groups excluding tert-OH is 5. The molecule has 1 unspecified atom stereocenters. The highest BCUT2D eigenvalue weighted by molar-refractivity contribution is 5.84. The highest BCUT2D eigenvalue weighted by Crippen LogP contribution is 2.24. The van der Waals surface area contributed by atoms with Gasteiger partial charge >= 0.3 is 6.09 Å². The Morgan fingerprint density at radius 2 is 0.986 bits per heavy atom. The second-order valence-corrected chi connectivity index (χ2v) is 20.2. The first-order valence-corrected chi connectivity index (χ1v) is 28.5. The van der Waals surface area contributed by atoms with Gasteiger partial charge < -0.3 is 45.1 Å². The van der Waals surface area contributed by atoms with Gasteiger partial charge in [-0.05, 0) is 25.0 Å². The number of rotatable bonds is 46. The van der Waals surface area contributed by atoms with Gasteiger partial charge in [0.05, 0.1) is 18.8 Å². The normalized spacial score (nSPS) is 19.6. The third kappa shape index (κ3) is 32.3. The topological polar surface area (TPSA) is 200 Å². The second kappa shape index (κ2) is 43.2. The fraction of sp³-hybridized carbons (Fsp3) is 0.875. The molecule has 13 heteroatoms. The van der Waals surface area contributed by atoms with Crippen LogP contribution in [0.5, 0.6) is 0 Å². The maximum atomic E-state index is 13.2. The highest BCUT2D eigenvalue weighted by atomic mass is 16.7. The number of anilines is 1. The smallest absolute Gasteiger partial charge is 0.411 e. The molecule has 8 atom stereocenters. The van der Waals surface area contributed by atoms with Crippen molar-refractivity contribution in [3.63, 3.8) is 0 Å². The zero-order valence-electron chi connectivity index (χ0n) is 43.7. The minimum absolute atomic E-state index is 0.256. The van der Waals surface area contributed by atoms with E-state index < -0.39 is 61.7 Å². The fourth-order valence-electron chi connectivity index (χ4n) is 9.35. The van der Waals surface area contributed by atoms with Crippen molar-refractivity contribution in [3.05, 3.63) is 24.5 Å². The Bertz CT molecular complexity index is 1330. The third-order valence-electron chi connectivity index (χ3n) is 13.9. The van der Waals surface area contributed by atoms with E-state index in [2.05, 4.69) is 29.5 Å². The van der Waals surface area contributed by atoms with Crippen molar-refractivity contribution in [1.82, 2.24) is 10.3 Å². The van der Waals surface area contributed by atoms with Gasteiger partial charge in [-0.15, -0.1) is 0 Å². The number of ether oxygens (including phenoxy) is 3. The molecule has 1 saturated heterocycles. The van der Waals surface area contributed by atoms with Crippen LogP contribution in [0.4, 0.5) is 10.5 Å². The minimum atomic E-state index is -1.70. The Balaban J connectivity index is 1.71. The van der Waals surface area contributed by atoms with Crippen LogP contribution in [-0.2, 0) is 19.0 Å². The van der Waals surface area contributed by atoms with Crippen LogP contribution >= 0.6 is 0 Å². The number of amides is 2. The van der Waals surface area contributed by atoms with Gasteiger partial charge in [0.25, 0.3) is 0 Å². The average Bonchev–Trinajstić information content (AvgIpc) is 3.35. The molecule has 0 saturated carbocycles. The molecule has 7 N–H and O–H groups in total. The Hall–Kier alpha value is -2.39. The van der Waals surface area contributed by atoms with Crippen molar-refractivity contribution in [1.29, 1.82) is 0 Å². The molecule has 402 valence electrons. The number of pyridine rings is 1. The molecule has 1 aromatic heterocycles. The van der Waals surface area contributed by atoms with Gasteiger partial charge in [0.15, 0.2) is 6.29 Å². The zero-order valence-corrected chi connectivity index (χ0v) is 43.7. The van der Waals surface area contributed by atoms with Crippen LogP contribution in [-0.4, -0.2) is 105 Å². The number of nitrogens with one attached hydrogen (secondary N) is 2. The van der Waals surface area contributed by atoms with Crippen LogP contribution < -0.4 is 10.6 Å². The number of aliphatic hydroxyl groups is 5. The summed E-state index contributed by atoms with van der Waals surface area (Å²) >= 11 is 0. The van der Waals surface area contributed by atoms with E-state index in [4.69, 9.17) is 14.2 Å². The first-order valence-electron chi connectivity index (χ1n) is 28.5. The molecule has 13 nitrogen and oxygen atoms in total. The molecular formula is C56H103N3O10. The summed E-state index contributed by atoms with van der Waals surface area (Å²) in [6.45, 7) is 3.69. The minimum Gasteiger partial charge on any atom is -0.446 e. The maximum Gasteiger partial charge on any atom is 0.411 e. The Kier molecular flexibility index (Phi) is 39.3. The lowest BCUT2D eigenvalue weighted by molar-refractivity contribution is -0.302. The number of hydrogen-bond donors (Lipinski definition) is 7. The monoisotopic (exact) mass is 978 g/mol. The number of carbonyl (C=O) groups is 2. The van der Waals surface area contributed by atoms with Crippen LogP contribution in [0.3, 0.4) is 0 Å². The number of aromatic nitrogens is 1. The van der Waals surface area contributed by atoms with Gasteiger partial charge in [0.2, 0.25) is 5.91 Å². The fourth-order valence-corrected chi connectivity index (χ4v) is 9.35. The van der Waals surface area contributed by atoms with Crippen LogP contribution in [0, 0.1) is 0 Å². The molecule has 0 aromatic carbocycles. The molecule has 0 spiro atoms. The van der Waals surface area contributed by atoms with Crippen LogP contribution in [0.15, 0.2) is 24.5 Å². The van der Waals surface area contributed by atoms with E-state index in [1.807, 2.05) is 0 Å². The molecule has 0 bridgehead atoms. The SMILES string of the molecule is CCCCCCCCCCCCCCCCCCCCCCCCCC(=O)NC(CO[C@H]1O[C@H](COC(=O)Nc2ccncc2)[C@H](O)[C@H](O)[C@H]1O)[C@H](O)[C@H](O)CCCCCCCCCCCCCC. The van der Waals surface area contributed by atoms with Crippen molar-refractivity contribution in [2.45, 2.75) is 300 Å². The van der Waals surface area contributed by atoms with E-state index in [1.165, 1.54) is 186 Å². The lowest BCUT2D eigenvalue weighted by Crippen LogP contribution is -2.60. The Labute approximate surface area is 419 Å². The van der Waals surface area contributed by atoms with Crippen molar-refractivity contribution in [2.24, 2.45) is 0 Å². The summed E-state index contributed by atoms with van der Waals surface area (Å²) in [6, 6.07) is 2.09. The van der Waals surface area contributed by atoms with Gasteiger partial charge in [-0.3, -0.25) is 15.1 Å². The third-order valence-corrected chi connectivity index (χ3v) is 13.9. The second-order valence-electron chi connectivity index (χ2n) is 20.2. The summed E-state index contributed by atoms with van der Waals surface area (Å²) in [7, 11) is 0. The van der Waals surface area contributed by atoms with Gasteiger partial charge in [0.1, 0.15) is 37.1 Å². The first-order chi connectivity index (χ1) is 33.7. The summed E-state index contributed by atoms with van der Waals surface area (Å²) in [6.07, 6.45) is 36.5. The lowest BCUT2D eigenvalue weighted by atomic mass is 9.98. The summed E-state index contributed by atoms with van der Waals surface area (Å²) in [5, 5.41) is 59.9. The standard InChI is InChI=1S/C56H103N3O10/c1-3-5-7-9-11-13-15-17-18-19-20-21-22-23-24-25-26-27-29-31-33-35-37-39-50(61)59-47(51(62)48(60)38-36-34-32-30-28-16-14-12-10-8-6-4-2)44-67-55-54(65)53(64)52(63)49(69-55)45-68-56(66)58-46-40-42-57-43-41-46/h40-43,47-49,51-55,60,62-65H,3-39,44-45H2,1-2H3,(H,59,61)(H,57,58,66)/t47?,48-,49-,51+,52+,53+,54-,55+/m1/s1. The van der Waals surface area contributed by atoms with Gasteiger partial charge in [0, 0.05) is 24.5 Å². The molecule has 2 heterocycles. The lowest BCUT2D eigenvalue weighted by Gasteiger charge is -2.40. The number of carbonyl (C=O) groups excluding carboxylic acids is 2. The maximum absolute atomic E-state index is 13.2. The Morgan fingerprint density at radius 3 is 1.42 bits per heavy atom. The summed E-state index contributed by atoms with van der Waals surface area (Å²) in [4.78, 5) is 29.5. The van der Waals surface area contributed by atoms with E-state index in [0.29, 0.717) is 18.5 Å². The molecule has 0 radical (unpaired) electrons. The molecule has 2 rings (SSSR count). The highest BCUT2D eigenvalue weighted by Gasteiger charge is 2.45. The molecule has 1 aliphatic rings. The van der Waals surface area contributed by atoms with Gasteiger partial charge in [-0.2, -0.15) is 0 Å². The molecule has 0 aliphatic carbocycles. The average molecular weight is 978 g/mol. The predicted molar refractivity (Wildman–Crippen MR) is 278 cm³/mol. The molecular weight excluding hydrogens is 875 g/mol. The number of unbranched alkanes of at least 4 members (excludes halogenated alkanes) is 33. The zero-order chi connectivity index (χ0) is 50.0. The summed E-state index contributed by atoms with van der Waals surface area (Å²) in [5.41, 5.74) is 0.440. The van der Waals surface area contributed by atoms with Crippen molar-refractivity contribution in [2.75, 3.05) is 18.5 Å². The van der Waals surface area contributed by atoms with E-state index in [9.17, 15) is 35.1 Å². The van der Waals surface area contributed by atoms with E-state index in [-0.39, 0.29) is 18.9 Å². The molecule has 1 aliphatic heterocycles. The first kappa shape index (κ1) is 62.7. The number of hydrogen-bond acceptors (Lipinski definition) is 11.